The lowest BCUT2D eigenvalue weighted by Crippen LogP contribution is -2.37. The Morgan fingerprint density at radius 2 is 0.845 bits per heavy atom. The first-order valence-corrected chi connectivity index (χ1v) is 19.9. The SMILES string of the molecule is c1ccc(-c2ccc(N(c3ccccc3)c3ccc(-c4ccc5c(c4)C4(c6ccccc6-c6ccccc64)c4cccc6c4N5c4ccccc4O6)cc3)cc2)cc1. The number of fused-ring (bicyclic) bond motifs is 11. The van der Waals surface area contributed by atoms with Crippen LogP contribution in [-0.4, -0.2) is 0 Å². The zero-order chi connectivity index (χ0) is 38.2. The quantitative estimate of drug-likeness (QED) is 0.175. The number of hydrogen-bond acceptors (Lipinski definition) is 3. The van der Waals surface area contributed by atoms with Crippen molar-refractivity contribution in [3.8, 4) is 44.9 Å². The Hall–Kier alpha value is -7.62. The van der Waals surface area contributed by atoms with Gasteiger partial charge in [0.1, 0.15) is 0 Å². The predicted octanol–water partition coefficient (Wildman–Crippen LogP) is 14.7. The fraction of sp³-hybridized carbons (Fsp3) is 0.0182. The van der Waals surface area contributed by atoms with E-state index >= 15 is 0 Å². The molecule has 0 atom stereocenters. The van der Waals surface area contributed by atoms with E-state index in [1.807, 2.05) is 0 Å². The van der Waals surface area contributed by atoms with Crippen molar-refractivity contribution in [2.45, 2.75) is 5.41 Å². The summed E-state index contributed by atoms with van der Waals surface area (Å²) in [5.74, 6) is 1.74. The predicted molar refractivity (Wildman–Crippen MR) is 238 cm³/mol. The first kappa shape index (κ1) is 32.6. The standard InChI is InChI=1S/C55H36N2O/c1-3-14-37(15-4-1)38-26-31-42(32-27-38)56(41-16-5-2-6-17-41)43-33-28-39(29-34-43)40-30-35-50-49(36-40)55(46-20-9-7-18-44(46)45-19-8-10-21-47(45)55)48-22-13-25-53-54(48)57(50)51-23-11-12-24-52(51)58-53/h1-36H. The van der Waals surface area contributed by atoms with Gasteiger partial charge in [-0.2, -0.15) is 0 Å². The van der Waals surface area contributed by atoms with E-state index in [0.29, 0.717) is 0 Å². The zero-order valence-corrected chi connectivity index (χ0v) is 31.6. The molecule has 1 spiro atoms. The first-order chi connectivity index (χ1) is 28.8. The summed E-state index contributed by atoms with van der Waals surface area (Å²) < 4.78 is 6.69. The summed E-state index contributed by atoms with van der Waals surface area (Å²) in [7, 11) is 0. The Balaban J connectivity index is 1.03. The van der Waals surface area contributed by atoms with Crippen molar-refractivity contribution in [3.05, 3.63) is 241 Å². The average molecular weight is 741 g/mol. The van der Waals surface area contributed by atoms with Crippen LogP contribution in [0.4, 0.5) is 34.1 Å². The molecule has 0 radical (unpaired) electrons. The molecule has 9 aromatic rings. The molecular formula is C55H36N2O. The van der Waals surface area contributed by atoms with Crippen molar-refractivity contribution in [2.24, 2.45) is 0 Å². The Bertz CT molecular complexity index is 2980. The molecule has 0 N–H and O–H groups in total. The van der Waals surface area contributed by atoms with Crippen LogP contribution in [0.5, 0.6) is 11.5 Å². The number of ether oxygens (including phenoxy) is 1. The van der Waals surface area contributed by atoms with Crippen LogP contribution in [0.3, 0.4) is 0 Å². The normalized spacial score (nSPS) is 13.4. The molecule has 1 aliphatic carbocycles. The maximum absolute atomic E-state index is 6.69. The van der Waals surface area contributed by atoms with Crippen LogP contribution in [0.15, 0.2) is 218 Å². The van der Waals surface area contributed by atoms with Crippen LogP contribution in [-0.2, 0) is 5.41 Å². The second-order valence-corrected chi connectivity index (χ2v) is 15.3. The molecule has 0 saturated carbocycles. The zero-order valence-electron chi connectivity index (χ0n) is 31.6. The molecule has 3 nitrogen and oxygen atoms in total. The van der Waals surface area contributed by atoms with Crippen molar-refractivity contribution in [1.82, 2.24) is 0 Å². The summed E-state index contributed by atoms with van der Waals surface area (Å²) in [5, 5.41) is 0. The van der Waals surface area contributed by atoms with Crippen LogP contribution >= 0.6 is 0 Å². The third-order valence-electron chi connectivity index (χ3n) is 12.3. The Morgan fingerprint density at radius 1 is 0.345 bits per heavy atom. The lowest BCUT2D eigenvalue weighted by molar-refractivity contribution is 0.473. The minimum atomic E-state index is -0.550. The number of para-hydroxylation sites is 4. The fourth-order valence-electron chi connectivity index (χ4n) is 9.79. The highest BCUT2D eigenvalue weighted by Gasteiger charge is 2.53. The highest BCUT2D eigenvalue weighted by Crippen LogP contribution is 2.67. The molecule has 0 aromatic heterocycles. The fourth-order valence-corrected chi connectivity index (χ4v) is 9.79. The van der Waals surface area contributed by atoms with Gasteiger partial charge in [0.25, 0.3) is 0 Å². The van der Waals surface area contributed by atoms with Gasteiger partial charge in [-0.05, 0) is 122 Å². The van der Waals surface area contributed by atoms with E-state index in [2.05, 4.69) is 228 Å². The van der Waals surface area contributed by atoms with E-state index in [4.69, 9.17) is 4.74 Å². The first-order valence-electron chi connectivity index (χ1n) is 19.9. The van der Waals surface area contributed by atoms with Crippen LogP contribution in [0.1, 0.15) is 22.3 Å². The van der Waals surface area contributed by atoms with E-state index in [1.165, 1.54) is 50.1 Å². The molecule has 0 bridgehead atoms. The van der Waals surface area contributed by atoms with Crippen LogP contribution < -0.4 is 14.5 Å². The van der Waals surface area contributed by atoms with Gasteiger partial charge in [0, 0.05) is 17.1 Å². The molecule has 2 heterocycles. The highest BCUT2D eigenvalue weighted by atomic mass is 16.5. The number of nitrogens with zero attached hydrogens (tertiary/aromatic N) is 2. The van der Waals surface area contributed by atoms with E-state index in [9.17, 15) is 0 Å². The third kappa shape index (κ3) is 4.68. The second kappa shape index (κ2) is 12.7. The number of hydrogen-bond donors (Lipinski definition) is 0. The van der Waals surface area contributed by atoms with Crippen molar-refractivity contribution in [3.63, 3.8) is 0 Å². The molecule has 0 fully saturated rings. The van der Waals surface area contributed by atoms with E-state index in [-0.39, 0.29) is 0 Å². The van der Waals surface area contributed by atoms with Gasteiger partial charge in [-0.1, -0.05) is 152 Å². The van der Waals surface area contributed by atoms with Gasteiger partial charge in [-0.3, -0.25) is 0 Å². The highest BCUT2D eigenvalue weighted by molar-refractivity contribution is 6.00. The minimum Gasteiger partial charge on any atom is -0.453 e. The molecule has 3 aliphatic rings. The summed E-state index contributed by atoms with van der Waals surface area (Å²) in [6.07, 6.45) is 0. The molecule has 2 aliphatic heterocycles. The minimum absolute atomic E-state index is 0.550. The third-order valence-corrected chi connectivity index (χ3v) is 12.3. The van der Waals surface area contributed by atoms with Crippen LogP contribution in [0.2, 0.25) is 0 Å². The Labute approximate surface area is 338 Å². The Kier molecular flexibility index (Phi) is 7.14. The molecular weight excluding hydrogens is 705 g/mol. The molecule has 0 unspecified atom stereocenters. The maximum Gasteiger partial charge on any atom is 0.151 e. The lowest BCUT2D eigenvalue weighted by atomic mass is 9.64. The second-order valence-electron chi connectivity index (χ2n) is 15.3. The monoisotopic (exact) mass is 740 g/mol. The summed E-state index contributed by atoms with van der Waals surface area (Å²) in [5.41, 5.74) is 18.5. The average Bonchev–Trinajstić information content (AvgIpc) is 3.59. The molecule has 12 rings (SSSR count). The van der Waals surface area contributed by atoms with Crippen molar-refractivity contribution < 1.29 is 4.74 Å². The van der Waals surface area contributed by atoms with E-state index < -0.39 is 5.41 Å². The van der Waals surface area contributed by atoms with Gasteiger partial charge in [0.2, 0.25) is 0 Å². The lowest BCUT2D eigenvalue weighted by Gasteiger charge is -2.47. The molecule has 272 valence electrons. The van der Waals surface area contributed by atoms with Gasteiger partial charge in [-0.25, -0.2) is 0 Å². The largest absolute Gasteiger partial charge is 0.453 e. The van der Waals surface area contributed by atoms with Gasteiger partial charge in [0.15, 0.2) is 11.5 Å². The molecule has 0 amide bonds. The summed E-state index contributed by atoms with van der Waals surface area (Å²) in [4.78, 5) is 4.76. The number of rotatable bonds is 5. The molecule has 0 saturated heterocycles. The maximum atomic E-state index is 6.69. The molecule has 58 heavy (non-hydrogen) atoms. The Morgan fingerprint density at radius 3 is 1.53 bits per heavy atom. The van der Waals surface area contributed by atoms with Gasteiger partial charge in [0.05, 0.1) is 22.5 Å². The van der Waals surface area contributed by atoms with Crippen molar-refractivity contribution in [1.29, 1.82) is 0 Å². The van der Waals surface area contributed by atoms with Gasteiger partial charge in [-0.15, -0.1) is 0 Å². The summed E-state index contributed by atoms with van der Waals surface area (Å²) in [6, 6.07) is 79.1. The summed E-state index contributed by atoms with van der Waals surface area (Å²) >= 11 is 0. The van der Waals surface area contributed by atoms with Crippen molar-refractivity contribution in [2.75, 3.05) is 9.80 Å². The smallest absolute Gasteiger partial charge is 0.151 e. The summed E-state index contributed by atoms with van der Waals surface area (Å²) in [6.45, 7) is 0. The number of benzene rings is 9. The number of anilines is 6. The topological polar surface area (TPSA) is 15.7 Å². The van der Waals surface area contributed by atoms with Crippen molar-refractivity contribution >= 4 is 34.1 Å². The van der Waals surface area contributed by atoms with E-state index in [0.717, 1.165) is 51.2 Å². The molecule has 9 aromatic carbocycles. The van der Waals surface area contributed by atoms with E-state index in [1.54, 1.807) is 0 Å². The van der Waals surface area contributed by atoms with Crippen LogP contribution in [0, 0.1) is 0 Å². The van der Waals surface area contributed by atoms with Gasteiger partial charge < -0.3 is 14.5 Å². The van der Waals surface area contributed by atoms with Gasteiger partial charge >= 0.3 is 0 Å². The van der Waals surface area contributed by atoms with Crippen LogP contribution in [0.25, 0.3) is 33.4 Å². The molecule has 3 heteroatoms.